The minimum Gasteiger partial charge on any atom is -0.388 e. The number of halogens is 1. The van der Waals surface area contributed by atoms with E-state index in [-0.39, 0.29) is 4.99 Å². The first-order chi connectivity index (χ1) is 8.56. The molecule has 5 heteroatoms. The SMILES string of the molecule is Cc1ccc(Nc2cccc(C(N)=S)n2)c(Cl)c1. The zero-order chi connectivity index (χ0) is 13.1. The van der Waals surface area contributed by atoms with E-state index < -0.39 is 0 Å². The van der Waals surface area contributed by atoms with E-state index in [1.54, 1.807) is 6.07 Å². The number of nitrogens with two attached hydrogens (primary N) is 1. The maximum Gasteiger partial charge on any atom is 0.131 e. The number of aromatic nitrogens is 1. The maximum atomic E-state index is 6.14. The van der Waals surface area contributed by atoms with Gasteiger partial charge >= 0.3 is 0 Å². The third-order valence-electron chi connectivity index (χ3n) is 2.39. The molecule has 0 saturated carbocycles. The summed E-state index contributed by atoms with van der Waals surface area (Å²) in [6, 6.07) is 11.2. The predicted octanol–water partition coefficient (Wildman–Crippen LogP) is 3.42. The van der Waals surface area contributed by atoms with E-state index in [1.807, 2.05) is 37.3 Å². The largest absolute Gasteiger partial charge is 0.388 e. The number of hydrogen-bond acceptors (Lipinski definition) is 3. The van der Waals surface area contributed by atoms with Gasteiger partial charge in [-0.05, 0) is 36.8 Å². The van der Waals surface area contributed by atoms with Crippen LogP contribution in [0.2, 0.25) is 5.02 Å². The van der Waals surface area contributed by atoms with Crippen LogP contribution in [0, 0.1) is 6.92 Å². The number of anilines is 2. The molecule has 3 N–H and O–H groups in total. The molecule has 0 unspecified atom stereocenters. The third kappa shape index (κ3) is 2.97. The van der Waals surface area contributed by atoms with Gasteiger partial charge in [-0.25, -0.2) is 4.98 Å². The fraction of sp³-hybridized carbons (Fsp3) is 0.0769. The number of rotatable bonds is 3. The van der Waals surface area contributed by atoms with Gasteiger partial charge < -0.3 is 11.1 Å². The summed E-state index contributed by atoms with van der Waals surface area (Å²) in [5.41, 5.74) is 8.03. The van der Waals surface area contributed by atoms with Crippen LogP contribution in [0.4, 0.5) is 11.5 Å². The second kappa shape index (κ2) is 5.33. The highest BCUT2D eigenvalue weighted by atomic mass is 35.5. The highest BCUT2D eigenvalue weighted by molar-refractivity contribution is 7.80. The molecule has 0 fully saturated rings. The average molecular weight is 278 g/mol. The zero-order valence-electron chi connectivity index (χ0n) is 9.77. The van der Waals surface area contributed by atoms with Crippen molar-refractivity contribution < 1.29 is 0 Å². The average Bonchev–Trinajstić information content (AvgIpc) is 2.33. The van der Waals surface area contributed by atoms with Crippen molar-refractivity contribution in [3.05, 3.63) is 52.7 Å². The number of thiocarbonyl (C=S) groups is 1. The van der Waals surface area contributed by atoms with Gasteiger partial charge in [-0.15, -0.1) is 0 Å². The van der Waals surface area contributed by atoms with Gasteiger partial charge in [0, 0.05) is 0 Å². The van der Waals surface area contributed by atoms with E-state index in [0.717, 1.165) is 11.3 Å². The zero-order valence-corrected chi connectivity index (χ0v) is 11.3. The molecule has 92 valence electrons. The number of aryl methyl sites for hydroxylation is 1. The molecule has 0 atom stereocenters. The normalized spacial score (nSPS) is 10.1. The van der Waals surface area contributed by atoms with Gasteiger partial charge in [0.1, 0.15) is 10.8 Å². The van der Waals surface area contributed by atoms with Crippen molar-refractivity contribution in [2.24, 2.45) is 5.73 Å². The molecule has 0 radical (unpaired) electrons. The third-order valence-corrected chi connectivity index (χ3v) is 2.91. The predicted molar refractivity (Wildman–Crippen MR) is 79.6 cm³/mol. The molecule has 1 aromatic heterocycles. The van der Waals surface area contributed by atoms with Crippen molar-refractivity contribution in [2.45, 2.75) is 6.92 Å². The first kappa shape index (κ1) is 12.8. The van der Waals surface area contributed by atoms with Crippen molar-refractivity contribution in [1.29, 1.82) is 0 Å². The minimum atomic E-state index is 0.272. The van der Waals surface area contributed by atoms with Crippen LogP contribution < -0.4 is 11.1 Å². The molecule has 0 spiro atoms. The Balaban J connectivity index is 2.28. The van der Waals surface area contributed by atoms with Crippen molar-refractivity contribution in [1.82, 2.24) is 4.98 Å². The summed E-state index contributed by atoms with van der Waals surface area (Å²) in [4.78, 5) is 4.57. The van der Waals surface area contributed by atoms with Crippen molar-refractivity contribution in [2.75, 3.05) is 5.32 Å². The standard InChI is InChI=1S/C13H12ClN3S/c1-8-5-6-10(9(14)7-8)16-12-4-2-3-11(17-12)13(15)18/h2-7H,1H3,(H2,15,18)(H,16,17). The first-order valence-electron chi connectivity index (χ1n) is 5.36. The molecular formula is C13H12ClN3S. The van der Waals surface area contributed by atoms with E-state index in [1.165, 1.54) is 0 Å². The molecule has 1 aromatic carbocycles. The Kier molecular flexibility index (Phi) is 3.79. The van der Waals surface area contributed by atoms with Crippen LogP contribution in [0.3, 0.4) is 0 Å². The van der Waals surface area contributed by atoms with E-state index in [4.69, 9.17) is 29.6 Å². The van der Waals surface area contributed by atoms with Crippen LogP contribution in [0.25, 0.3) is 0 Å². The van der Waals surface area contributed by atoms with Crippen molar-refractivity contribution in [3.63, 3.8) is 0 Å². The molecule has 0 saturated heterocycles. The summed E-state index contributed by atoms with van der Waals surface area (Å²) in [5, 5.41) is 3.79. The van der Waals surface area contributed by atoms with Crippen LogP contribution in [-0.4, -0.2) is 9.97 Å². The lowest BCUT2D eigenvalue weighted by molar-refractivity contribution is 1.28. The van der Waals surface area contributed by atoms with Gasteiger partial charge in [0.2, 0.25) is 0 Å². The van der Waals surface area contributed by atoms with Crippen molar-refractivity contribution in [3.8, 4) is 0 Å². The highest BCUT2D eigenvalue weighted by Crippen LogP contribution is 2.25. The van der Waals surface area contributed by atoms with E-state index in [0.29, 0.717) is 16.5 Å². The molecule has 18 heavy (non-hydrogen) atoms. The Morgan fingerprint density at radius 2 is 2.11 bits per heavy atom. The smallest absolute Gasteiger partial charge is 0.131 e. The van der Waals surface area contributed by atoms with Crippen LogP contribution in [0.15, 0.2) is 36.4 Å². The van der Waals surface area contributed by atoms with Gasteiger partial charge in [0.05, 0.1) is 16.4 Å². The van der Waals surface area contributed by atoms with Crippen molar-refractivity contribution >= 4 is 40.3 Å². The summed E-state index contributed by atoms with van der Waals surface area (Å²) >= 11 is 11.0. The lowest BCUT2D eigenvalue weighted by atomic mass is 10.2. The molecule has 0 aliphatic rings. The molecule has 0 aliphatic heterocycles. The lowest BCUT2D eigenvalue weighted by Crippen LogP contribution is -2.12. The maximum absolute atomic E-state index is 6.14. The fourth-order valence-corrected chi connectivity index (χ4v) is 1.90. The highest BCUT2D eigenvalue weighted by Gasteiger charge is 2.03. The van der Waals surface area contributed by atoms with Gasteiger partial charge in [0.15, 0.2) is 0 Å². The van der Waals surface area contributed by atoms with Gasteiger partial charge in [-0.1, -0.05) is 36.0 Å². The molecule has 0 bridgehead atoms. The minimum absolute atomic E-state index is 0.272. The molecule has 0 amide bonds. The summed E-state index contributed by atoms with van der Waals surface area (Å²) in [7, 11) is 0. The van der Waals surface area contributed by atoms with Crippen LogP contribution in [-0.2, 0) is 0 Å². The monoisotopic (exact) mass is 277 g/mol. The van der Waals surface area contributed by atoms with Crippen LogP contribution in [0.5, 0.6) is 0 Å². The molecular weight excluding hydrogens is 266 g/mol. The summed E-state index contributed by atoms with van der Waals surface area (Å²) in [5.74, 6) is 0.658. The van der Waals surface area contributed by atoms with Crippen LogP contribution >= 0.6 is 23.8 Å². The summed E-state index contributed by atoms with van der Waals surface area (Å²) in [6.45, 7) is 1.99. The first-order valence-corrected chi connectivity index (χ1v) is 6.15. The second-order valence-corrected chi connectivity index (χ2v) is 4.73. The Hall–Kier alpha value is -1.65. The van der Waals surface area contributed by atoms with E-state index in [9.17, 15) is 0 Å². The second-order valence-electron chi connectivity index (χ2n) is 3.88. The Morgan fingerprint density at radius 3 is 2.78 bits per heavy atom. The number of nitrogens with zero attached hydrogens (tertiary/aromatic N) is 1. The van der Waals surface area contributed by atoms with Crippen LogP contribution in [0.1, 0.15) is 11.3 Å². The molecule has 0 aliphatic carbocycles. The Morgan fingerprint density at radius 1 is 1.33 bits per heavy atom. The number of hydrogen-bond donors (Lipinski definition) is 2. The van der Waals surface area contributed by atoms with E-state index in [2.05, 4.69) is 10.3 Å². The topological polar surface area (TPSA) is 50.9 Å². The Labute approximate surface area is 116 Å². The number of pyridine rings is 1. The van der Waals surface area contributed by atoms with E-state index >= 15 is 0 Å². The number of nitrogens with one attached hydrogen (secondary N) is 1. The molecule has 3 nitrogen and oxygen atoms in total. The fourth-order valence-electron chi connectivity index (χ4n) is 1.50. The van der Waals surface area contributed by atoms with Gasteiger partial charge in [0.25, 0.3) is 0 Å². The molecule has 2 aromatic rings. The summed E-state index contributed by atoms with van der Waals surface area (Å²) in [6.07, 6.45) is 0. The molecule has 1 heterocycles. The quantitative estimate of drug-likeness (QED) is 0.844. The molecule has 2 rings (SSSR count). The number of benzene rings is 1. The van der Waals surface area contributed by atoms with Gasteiger partial charge in [-0.2, -0.15) is 0 Å². The van der Waals surface area contributed by atoms with Gasteiger partial charge in [-0.3, -0.25) is 0 Å². The Bertz CT molecular complexity index is 599. The summed E-state index contributed by atoms with van der Waals surface area (Å²) < 4.78 is 0. The lowest BCUT2D eigenvalue weighted by Gasteiger charge is -2.09.